The lowest BCUT2D eigenvalue weighted by atomic mass is 9.85. The van der Waals surface area contributed by atoms with E-state index in [2.05, 4.69) is 109 Å². The Morgan fingerprint density at radius 3 is 0.923 bits per heavy atom. The van der Waals surface area contributed by atoms with E-state index in [0.717, 1.165) is 116 Å². The predicted molar refractivity (Wildman–Crippen MR) is 543 cm³/mol. The van der Waals surface area contributed by atoms with E-state index in [1.54, 1.807) is 122 Å². The van der Waals surface area contributed by atoms with Crippen LogP contribution in [0.3, 0.4) is 0 Å². The van der Waals surface area contributed by atoms with E-state index in [9.17, 15) is 34.5 Å². The molecule has 4 aromatic heterocycles. The second-order valence-corrected chi connectivity index (χ2v) is 37.2. The van der Waals surface area contributed by atoms with Crippen LogP contribution < -0.4 is 44.2 Å². The molecule has 1 aliphatic heterocycles. The van der Waals surface area contributed by atoms with Crippen molar-refractivity contribution in [2.75, 3.05) is 55.8 Å². The van der Waals surface area contributed by atoms with Gasteiger partial charge in [-0.15, -0.1) is 0 Å². The number of ether oxygens (including phenoxy) is 1. The first-order chi connectivity index (χ1) is 69.0. The highest BCUT2D eigenvalue weighted by atomic mass is 79.9. The first kappa shape index (κ1) is 106. The molecule has 143 heavy (non-hydrogen) atoms. The molecule has 8 aromatic carbocycles. The van der Waals surface area contributed by atoms with Crippen LogP contribution in [0.2, 0.25) is 15.1 Å². The van der Waals surface area contributed by atoms with Gasteiger partial charge in [0.05, 0.1) is 132 Å². The molecule has 0 bridgehead atoms. The van der Waals surface area contributed by atoms with Crippen molar-refractivity contribution in [2.24, 2.45) is 15.3 Å². The van der Waals surface area contributed by atoms with Gasteiger partial charge in [0.15, 0.2) is 0 Å². The molecule has 1 saturated heterocycles. The number of unbranched alkanes of at least 4 members (excludes halogenated alkanes) is 1. The van der Waals surface area contributed by atoms with E-state index < -0.39 is 65.0 Å². The smallest absolute Gasteiger partial charge is 0.254 e. The number of halogens is 8. The summed E-state index contributed by atoms with van der Waals surface area (Å²) < 4.78 is 66.8. The van der Waals surface area contributed by atoms with Crippen molar-refractivity contribution in [2.45, 2.75) is 182 Å². The maximum atomic E-state index is 15.2. The third kappa shape index (κ3) is 29.2. The lowest BCUT2D eigenvalue weighted by Crippen LogP contribution is -2.31. The summed E-state index contributed by atoms with van der Waals surface area (Å²) >= 11 is 21.6. The number of benzene rings is 8. The number of nitrogens with zero attached hydrogens (tertiary/aromatic N) is 17. The van der Waals surface area contributed by atoms with Crippen LogP contribution in [0.25, 0.3) is 76.4 Å². The number of azide groups is 3. The van der Waals surface area contributed by atoms with Crippen molar-refractivity contribution in [3.8, 4) is 45.0 Å². The van der Waals surface area contributed by atoms with Crippen molar-refractivity contribution < 1.29 is 56.8 Å². The highest BCUT2D eigenvalue weighted by Crippen LogP contribution is 2.40. The number of rotatable bonds is 29. The van der Waals surface area contributed by atoms with Crippen LogP contribution in [0.4, 0.5) is 40.8 Å². The Bertz CT molecular complexity index is 6480. The highest BCUT2D eigenvalue weighted by molar-refractivity contribution is 9.10. The van der Waals surface area contributed by atoms with Crippen LogP contribution in [0.1, 0.15) is 250 Å². The molecule has 742 valence electrons. The number of aliphatic hydroxyl groups excluding tert-OH is 3. The number of hydrogen-bond acceptors (Lipinski definition) is 23. The summed E-state index contributed by atoms with van der Waals surface area (Å²) in [6.45, 7) is 3.20. The van der Waals surface area contributed by atoms with E-state index in [0.29, 0.717) is 116 Å². The summed E-state index contributed by atoms with van der Waals surface area (Å²) in [5, 5.41) is 52.5. The Balaban J connectivity index is 0.000000160. The van der Waals surface area contributed by atoms with Gasteiger partial charge in [0.25, 0.3) is 23.6 Å². The molecule has 4 aliphatic rings. The minimum Gasteiger partial charge on any atom is -0.393 e. The molecule has 16 rings (SSSR count). The van der Waals surface area contributed by atoms with Gasteiger partial charge in [-0.3, -0.25) is 19.2 Å². The summed E-state index contributed by atoms with van der Waals surface area (Å²) in [7, 11) is 0. The molecule has 4 amide bonds. The van der Waals surface area contributed by atoms with Crippen LogP contribution >= 0.6 is 50.7 Å². The lowest BCUT2D eigenvalue weighted by molar-refractivity contribution is 0.0844. The standard InChI is InChI=1S/C28H32BrFN4O2.2C25H25ClFN7O2.C24H23ClFN7O2/c1-2-3-7-24(18-5-4-6-20(29)14-18)34-28(36)22-13-10-19(15-23(22)30)26-27(31)32-16-25(33-26)17-8-11-21(35)12-9-17;2*26-17-3-1-2-15(10-17)22(13-31-34-29)33-25(36)19-9-6-16(11-20(19)27)23-24(28)30-12-21(32-23)14-4-7-18(35)8-5-14;25-17-3-1-2-15(10-17)21(13-30-33-28)32-24(34)18-5-4-16(11-19(18)26)22-23(27)29-12-20(31-22)14-6-8-35-9-7-14/h4-6,10,13-17,21,24,35H,2-3,7-9,11-12H2,1H3,(H2,31,32)(H,34,36);2*1-3,6,9-12,14,18,22,35H,4-5,7-8,13H2,(H2,28,30)(H,33,36);1-5,10-12,14,21H,6-9,13H2,(H2,27,29)(H,32,34)/t17?,21?,24-;2*14?,18?,22-;21-/m1111/s1. The van der Waals surface area contributed by atoms with Gasteiger partial charge in [-0.1, -0.05) is 159 Å². The molecule has 4 fully saturated rings. The van der Waals surface area contributed by atoms with Crippen molar-refractivity contribution in [1.29, 1.82) is 0 Å². The fraction of sp³-hybridized carbons (Fsp3) is 0.333. The van der Waals surface area contributed by atoms with E-state index in [4.69, 9.17) is 84.1 Å². The Hall–Kier alpha value is -14.0. The molecule has 12 aromatic rings. The Morgan fingerprint density at radius 1 is 0.399 bits per heavy atom. The second-order valence-electron chi connectivity index (χ2n) is 35.0. The first-order valence-corrected chi connectivity index (χ1v) is 48.5. The maximum Gasteiger partial charge on any atom is 0.254 e. The Morgan fingerprint density at radius 2 is 0.664 bits per heavy atom. The SMILES string of the molecule is CCCC[C@@H](NC(=O)c1ccc(-c2nc(C3CCC(O)CC3)cnc2N)cc1F)c1cccc(Br)c1.[N-]=[N+]=NC[C@@H](NC(=O)c1ccc(-c2nc(C3CCC(O)CC3)cnc2N)cc1F)c1cccc(Cl)c1.[N-]=[N+]=NC[C@@H](NC(=O)c1ccc(-c2nc(C3CCC(O)CC3)cnc2N)cc1F)c1cccc(Cl)c1.[N-]=[N+]=NC[C@@H](NC(=O)c1ccc(-c2nc(C3CCOCC3)cnc2N)cc1F)c1cccc(Cl)c1. The molecule has 3 saturated carbocycles. The fourth-order valence-electron chi connectivity index (χ4n) is 17.4. The third-order valence-corrected chi connectivity index (χ3v) is 26.5. The van der Waals surface area contributed by atoms with Gasteiger partial charge in [-0.05, 0) is 232 Å². The average molecular weight is 2070 g/mol. The molecule has 0 spiro atoms. The minimum atomic E-state index is -0.758. The molecule has 33 nitrogen and oxygen atoms in total. The number of carbonyl (C=O) groups excluding carboxylic acids is 4. The zero-order valence-corrected chi connectivity index (χ0v) is 81.6. The van der Waals surface area contributed by atoms with Gasteiger partial charge in [-0.25, -0.2) is 57.4 Å². The van der Waals surface area contributed by atoms with Gasteiger partial charge in [0.2, 0.25) is 0 Å². The van der Waals surface area contributed by atoms with E-state index in [1.165, 1.54) is 48.5 Å². The molecule has 15 N–H and O–H groups in total. The molecular weight excluding hydrogens is 1970 g/mol. The summed E-state index contributed by atoms with van der Waals surface area (Å²) in [6, 6.07) is 42.6. The van der Waals surface area contributed by atoms with Gasteiger partial charge in [0.1, 0.15) is 69.3 Å². The topological polar surface area (TPSA) is 540 Å². The fourth-order valence-corrected chi connectivity index (χ4v) is 18.4. The van der Waals surface area contributed by atoms with Crippen LogP contribution in [0.5, 0.6) is 0 Å². The van der Waals surface area contributed by atoms with E-state index in [-0.39, 0.29) is 113 Å². The van der Waals surface area contributed by atoms with Crippen molar-refractivity contribution in [3.05, 3.63) is 336 Å². The van der Waals surface area contributed by atoms with Gasteiger partial charge >= 0.3 is 0 Å². The average Bonchev–Trinajstić information content (AvgIpc) is 0.791. The molecule has 4 atom stereocenters. The summed E-state index contributed by atoms with van der Waals surface area (Å²) in [4.78, 5) is 95.7. The lowest BCUT2D eigenvalue weighted by Gasteiger charge is -2.25. The number of aliphatic hydroxyl groups is 3. The zero-order chi connectivity index (χ0) is 102. The van der Waals surface area contributed by atoms with Gasteiger partial charge < -0.3 is 64.3 Å². The van der Waals surface area contributed by atoms with E-state index in [1.807, 2.05) is 24.3 Å². The van der Waals surface area contributed by atoms with Gasteiger partial charge in [0, 0.05) is 93.4 Å². The highest BCUT2D eigenvalue weighted by Gasteiger charge is 2.32. The molecule has 0 radical (unpaired) electrons. The van der Waals surface area contributed by atoms with E-state index >= 15 is 17.6 Å². The largest absolute Gasteiger partial charge is 0.393 e. The van der Waals surface area contributed by atoms with Crippen LogP contribution in [0.15, 0.2) is 214 Å². The minimum absolute atomic E-state index is 0.0285. The number of aromatic nitrogens is 8. The summed E-state index contributed by atoms with van der Waals surface area (Å²) in [5.41, 5.74) is 58.8. The quantitative estimate of drug-likeness (QED) is 0.00897. The molecule has 3 aliphatic carbocycles. The third-order valence-electron chi connectivity index (χ3n) is 25.3. The molecule has 41 heteroatoms. The zero-order valence-electron chi connectivity index (χ0n) is 77.7. The molecule has 5 heterocycles. The van der Waals surface area contributed by atoms with Crippen molar-refractivity contribution >= 4 is 97.6 Å². The number of nitrogens with two attached hydrogens (primary N) is 4. The number of anilines is 4. The maximum absolute atomic E-state index is 15.2. The number of nitrogens with one attached hydrogen (secondary N) is 4. The molecular formula is C102H105BrCl3F4N25O8. The summed E-state index contributed by atoms with van der Waals surface area (Å²) in [6.07, 6.45) is 19.1. The Kier molecular flexibility index (Phi) is 38.4. The number of carbonyl (C=O) groups is 4. The van der Waals surface area contributed by atoms with Gasteiger partial charge in [-0.2, -0.15) is 0 Å². The second kappa shape index (κ2) is 51.6. The van der Waals surface area contributed by atoms with Crippen LogP contribution in [-0.2, 0) is 4.74 Å². The number of amides is 4. The predicted octanol–water partition coefficient (Wildman–Crippen LogP) is 22.1. The van der Waals surface area contributed by atoms with Crippen LogP contribution in [0, 0.1) is 23.3 Å². The summed E-state index contributed by atoms with van der Waals surface area (Å²) in [5.74, 6) is -4.00. The van der Waals surface area contributed by atoms with Crippen LogP contribution in [-0.4, -0.2) is 130 Å². The normalized spacial score (nSPS) is 17.4. The molecule has 0 unspecified atom stereocenters. The monoisotopic (exact) mass is 2070 g/mol. The number of hydrogen-bond donors (Lipinski definition) is 11. The van der Waals surface area contributed by atoms with Crippen molar-refractivity contribution in [1.82, 2.24) is 61.1 Å². The Labute approximate surface area is 844 Å². The first-order valence-electron chi connectivity index (χ1n) is 46.6. The van der Waals surface area contributed by atoms with Crippen molar-refractivity contribution in [3.63, 3.8) is 0 Å². The number of nitrogen functional groups attached to an aromatic ring is 4.